The molecule has 0 saturated carbocycles. The molecule has 0 spiro atoms. The highest BCUT2D eigenvalue weighted by atomic mass is 79.9. The van der Waals surface area contributed by atoms with E-state index in [2.05, 4.69) is 47.2 Å². The van der Waals surface area contributed by atoms with Gasteiger partial charge in [-0.15, -0.1) is 0 Å². The van der Waals surface area contributed by atoms with E-state index in [1.54, 1.807) is 0 Å². The molecule has 2 rings (SSSR count). The number of benzene rings is 1. The first-order chi connectivity index (χ1) is 8.67. The predicted octanol–water partition coefficient (Wildman–Crippen LogP) is 4.40. The van der Waals surface area contributed by atoms with Gasteiger partial charge in [0.1, 0.15) is 5.75 Å². The third kappa shape index (κ3) is 2.72. The van der Waals surface area contributed by atoms with Crippen LogP contribution >= 0.6 is 15.9 Å². The van der Waals surface area contributed by atoms with Gasteiger partial charge in [-0.1, -0.05) is 29.8 Å². The van der Waals surface area contributed by atoms with E-state index < -0.39 is 0 Å². The normalized spacial score (nSPS) is 22.7. The number of hydrogen-bond acceptors (Lipinski definition) is 2. The maximum atomic E-state index is 5.66. The lowest BCUT2D eigenvalue weighted by molar-refractivity contribution is 0.337. The fourth-order valence-corrected chi connectivity index (χ4v) is 3.69. The third-order valence-electron chi connectivity index (χ3n) is 3.65. The fourth-order valence-electron chi connectivity index (χ4n) is 2.85. The number of halogens is 1. The zero-order valence-electron chi connectivity index (χ0n) is 11.4. The molecule has 0 aromatic heterocycles. The van der Waals surface area contributed by atoms with Crippen molar-refractivity contribution < 1.29 is 4.74 Å². The van der Waals surface area contributed by atoms with Crippen LogP contribution in [0.4, 0.5) is 0 Å². The van der Waals surface area contributed by atoms with Crippen molar-refractivity contribution in [3.63, 3.8) is 0 Å². The fraction of sp³-hybridized carbons (Fsp3) is 0.600. The van der Waals surface area contributed by atoms with Crippen molar-refractivity contribution in [2.75, 3.05) is 13.2 Å². The Morgan fingerprint density at radius 3 is 2.78 bits per heavy atom. The Morgan fingerprint density at radius 1 is 1.33 bits per heavy atom. The van der Waals surface area contributed by atoms with Crippen molar-refractivity contribution in [1.82, 2.24) is 5.32 Å². The molecule has 0 aliphatic heterocycles. The van der Waals surface area contributed by atoms with Crippen LogP contribution in [0.2, 0.25) is 0 Å². The van der Waals surface area contributed by atoms with E-state index in [1.807, 2.05) is 6.92 Å². The molecule has 0 radical (unpaired) electrons. The van der Waals surface area contributed by atoms with E-state index in [0.717, 1.165) is 12.3 Å². The Hall–Kier alpha value is -0.540. The van der Waals surface area contributed by atoms with Crippen LogP contribution in [0.25, 0.3) is 0 Å². The first-order valence-electron chi connectivity index (χ1n) is 6.86. The van der Waals surface area contributed by atoms with Gasteiger partial charge in [-0.05, 0) is 55.5 Å². The highest BCUT2D eigenvalue weighted by Gasteiger charge is 2.26. The molecule has 0 fully saturated rings. The summed E-state index contributed by atoms with van der Waals surface area (Å²) in [7, 11) is 0. The monoisotopic (exact) mass is 311 g/mol. The van der Waals surface area contributed by atoms with E-state index in [1.165, 1.54) is 28.4 Å². The molecule has 1 N–H and O–H groups in total. The Morgan fingerprint density at radius 2 is 2.11 bits per heavy atom. The van der Waals surface area contributed by atoms with Gasteiger partial charge in [0.2, 0.25) is 0 Å². The molecule has 1 aromatic rings. The average Bonchev–Trinajstić information content (AvgIpc) is 2.33. The highest BCUT2D eigenvalue weighted by Crippen LogP contribution is 2.43. The van der Waals surface area contributed by atoms with Gasteiger partial charge in [-0.25, -0.2) is 0 Å². The molecule has 3 heteroatoms. The van der Waals surface area contributed by atoms with Crippen LogP contribution < -0.4 is 10.1 Å². The Bertz CT molecular complexity index is 419. The second-order valence-corrected chi connectivity index (χ2v) is 5.78. The zero-order valence-corrected chi connectivity index (χ0v) is 13.0. The van der Waals surface area contributed by atoms with Crippen LogP contribution in [0.3, 0.4) is 0 Å². The first kappa shape index (κ1) is 13.9. The molecule has 18 heavy (non-hydrogen) atoms. The summed E-state index contributed by atoms with van der Waals surface area (Å²) in [4.78, 5) is 0. The van der Waals surface area contributed by atoms with Crippen LogP contribution in [-0.2, 0) is 0 Å². The van der Waals surface area contributed by atoms with Crippen LogP contribution in [0.15, 0.2) is 16.6 Å². The quantitative estimate of drug-likeness (QED) is 0.890. The van der Waals surface area contributed by atoms with E-state index in [9.17, 15) is 0 Å². The maximum Gasteiger partial charge on any atom is 0.120 e. The molecule has 0 bridgehead atoms. The molecular weight excluding hydrogens is 290 g/mol. The van der Waals surface area contributed by atoms with Crippen molar-refractivity contribution in [1.29, 1.82) is 0 Å². The molecule has 2 nitrogen and oxygen atoms in total. The van der Waals surface area contributed by atoms with Gasteiger partial charge in [0, 0.05) is 10.5 Å². The van der Waals surface area contributed by atoms with Crippen molar-refractivity contribution in [3.8, 4) is 5.75 Å². The molecular formula is C15H22BrNO. The Labute approximate surface area is 118 Å². The highest BCUT2D eigenvalue weighted by molar-refractivity contribution is 9.10. The summed E-state index contributed by atoms with van der Waals surface area (Å²) in [5.74, 6) is 1.60. The minimum atomic E-state index is 0.470. The van der Waals surface area contributed by atoms with Gasteiger partial charge in [0.25, 0.3) is 0 Å². The van der Waals surface area contributed by atoms with Crippen LogP contribution in [0.1, 0.15) is 56.7 Å². The van der Waals surface area contributed by atoms with Gasteiger partial charge >= 0.3 is 0 Å². The van der Waals surface area contributed by atoms with Gasteiger partial charge < -0.3 is 10.1 Å². The number of hydrogen-bond donors (Lipinski definition) is 1. The van der Waals surface area contributed by atoms with Gasteiger partial charge in [-0.2, -0.15) is 0 Å². The molecule has 100 valence electrons. The average molecular weight is 312 g/mol. The lowest BCUT2D eigenvalue weighted by Crippen LogP contribution is -2.26. The summed E-state index contributed by atoms with van der Waals surface area (Å²) >= 11 is 3.71. The molecule has 0 saturated heterocycles. The summed E-state index contributed by atoms with van der Waals surface area (Å²) in [6.07, 6.45) is 2.46. The lowest BCUT2D eigenvalue weighted by atomic mass is 9.81. The smallest absolute Gasteiger partial charge is 0.120 e. The molecule has 1 aliphatic carbocycles. The third-order valence-corrected chi connectivity index (χ3v) is 4.31. The van der Waals surface area contributed by atoms with E-state index in [-0.39, 0.29) is 0 Å². The molecule has 1 aromatic carbocycles. The second kappa shape index (κ2) is 6.07. The van der Waals surface area contributed by atoms with Crippen LogP contribution in [0.5, 0.6) is 5.75 Å². The van der Waals surface area contributed by atoms with Crippen molar-refractivity contribution in [2.24, 2.45) is 0 Å². The van der Waals surface area contributed by atoms with Crippen molar-refractivity contribution in [2.45, 2.75) is 45.6 Å². The van der Waals surface area contributed by atoms with Gasteiger partial charge in [0.05, 0.1) is 6.61 Å². The van der Waals surface area contributed by atoms with Gasteiger partial charge in [0.15, 0.2) is 0 Å². The molecule has 1 aliphatic rings. The van der Waals surface area contributed by atoms with Crippen LogP contribution in [0, 0.1) is 0 Å². The number of rotatable bonds is 4. The summed E-state index contributed by atoms with van der Waals surface area (Å²) < 4.78 is 6.85. The maximum absolute atomic E-state index is 5.66. The summed E-state index contributed by atoms with van der Waals surface area (Å²) in [6.45, 7) is 8.23. The Balaban J connectivity index is 2.43. The molecule has 0 heterocycles. The zero-order chi connectivity index (χ0) is 13.1. The molecule has 0 amide bonds. The Kier molecular flexibility index (Phi) is 4.68. The topological polar surface area (TPSA) is 21.3 Å². The van der Waals surface area contributed by atoms with Gasteiger partial charge in [-0.3, -0.25) is 0 Å². The van der Waals surface area contributed by atoms with Crippen LogP contribution in [-0.4, -0.2) is 13.2 Å². The summed E-state index contributed by atoms with van der Waals surface area (Å²) in [6, 6.07) is 4.79. The largest absolute Gasteiger partial charge is 0.494 e. The minimum Gasteiger partial charge on any atom is -0.494 e. The second-order valence-electron chi connectivity index (χ2n) is 4.93. The molecule has 2 atom stereocenters. The van der Waals surface area contributed by atoms with Crippen molar-refractivity contribution >= 4 is 15.9 Å². The van der Waals surface area contributed by atoms with E-state index in [4.69, 9.17) is 4.74 Å². The van der Waals surface area contributed by atoms with E-state index in [0.29, 0.717) is 18.6 Å². The number of nitrogens with one attached hydrogen (secondary N) is 1. The number of ether oxygens (including phenoxy) is 1. The standard InChI is InChI=1S/C15H22BrNO/c1-4-17-14-7-6-10(3)15-12(14)8-11(18-5-2)9-13(15)16/h8-10,14,17H,4-7H2,1-3H3. The minimum absolute atomic E-state index is 0.470. The SMILES string of the molecule is CCNC1CCC(C)c2c(Br)cc(OCC)cc21. The lowest BCUT2D eigenvalue weighted by Gasteiger charge is -2.31. The summed E-state index contributed by atoms with van der Waals surface area (Å²) in [5.41, 5.74) is 2.86. The summed E-state index contributed by atoms with van der Waals surface area (Å²) in [5, 5.41) is 3.58. The predicted molar refractivity (Wildman–Crippen MR) is 79.4 cm³/mol. The number of fused-ring (bicyclic) bond motifs is 1. The van der Waals surface area contributed by atoms with Crippen molar-refractivity contribution in [3.05, 3.63) is 27.7 Å². The first-order valence-corrected chi connectivity index (χ1v) is 7.66. The van der Waals surface area contributed by atoms with E-state index >= 15 is 0 Å². The molecule has 2 unspecified atom stereocenters.